The number of benzene rings is 1. The Morgan fingerprint density at radius 1 is 0.885 bits per heavy atom. The zero-order chi connectivity index (χ0) is 58.0. The fraction of sp³-hybridized carbons (Fsp3) is 0.807. The van der Waals surface area contributed by atoms with Crippen molar-refractivity contribution in [3.63, 3.8) is 0 Å². The SMILES string of the molecule is CC[C@H]1OC(=O)[C@H](C)[C@@H](OC2C[C@@](C)(OC)[C@@H](OC(=O)C3N4C(=O)C(NC(=O)Cc5ccccc5)C4SC3(C)C)[C@H](C)O2)[C@H](C)[C@@H](O[C@H]2C[C@@H](N(C)C)C[C@@H](C)O2)[C@](C)(O)C[C@@H](C)CN(C)[C@H](C)[C@H](OC(=O)CCO)[C@@]1(C)O. The topological polar surface area (TPSA) is 242 Å². The van der Waals surface area contributed by atoms with Gasteiger partial charge in [-0.05, 0) is 114 Å². The Hall–Kier alpha value is -3.48. The van der Waals surface area contributed by atoms with Gasteiger partial charge in [0.1, 0.15) is 40.9 Å². The van der Waals surface area contributed by atoms with Crippen LogP contribution >= 0.6 is 11.8 Å². The van der Waals surface area contributed by atoms with Gasteiger partial charge in [-0.1, -0.05) is 51.1 Å². The Kier molecular flexibility index (Phi) is 21.0. The van der Waals surface area contributed by atoms with Crippen LogP contribution in [0.1, 0.15) is 127 Å². The van der Waals surface area contributed by atoms with Gasteiger partial charge >= 0.3 is 17.9 Å². The number of carbonyl (C=O) groups is 5. The highest BCUT2D eigenvalue weighted by Crippen LogP contribution is 2.52. The van der Waals surface area contributed by atoms with Crippen molar-refractivity contribution in [1.82, 2.24) is 20.0 Å². The predicted molar refractivity (Wildman–Crippen MR) is 290 cm³/mol. The summed E-state index contributed by atoms with van der Waals surface area (Å²) in [6.07, 6.45) is -7.08. The number of esters is 3. The second kappa shape index (κ2) is 25.8. The van der Waals surface area contributed by atoms with Crippen molar-refractivity contribution < 1.29 is 77.2 Å². The molecule has 4 N–H and O–H groups in total. The fourth-order valence-corrected chi connectivity index (χ4v) is 14.3. The number of nitrogens with one attached hydrogen (secondary N) is 1. The van der Waals surface area contributed by atoms with Gasteiger partial charge in [-0.15, -0.1) is 11.8 Å². The van der Waals surface area contributed by atoms with Crippen LogP contribution in [0, 0.1) is 17.8 Å². The van der Waals surface area contributed by atoms with Gasteiger partial charge in [-0.3, -0.25) is 24.1 Å². The molecule has 5 saturated heterocycles. The largest absolute Gasteiger partial charge is 0.459 e. The molecule has 4 unspecified atom stereocenters. The van der Waals surface area contributed by atoms with E-state index >= 15 is 0 Å². The smallest absolute Gasteiger partial charge is 0.330 e. The van der Waals surface area contributed by atoms with E-state index in [-0.39, 0.29) is 62.0 Å². The molecular formula is C57H92N4O16S. The van der Waals surface area contributed by atoms with Crippen molar-refractivity contribution in [2.75, 3.05) is 41.4 Å². The van der Waals surface area contributed by atoms with Gasteiger partial charge in [-0.25, -0.2) is 4.79 Å². The molecule has 5 fully saturated rings. The first-order valence-electron chi connectivity index (χ1n) is 27.9. The standard InChI is InChI=1S/C57H92N4O16S/c1-17-39-57(12,69)48(74-41(64)23-24-62)35(6)60(15)30-31(2)28-55(10,68)47(76-42-27-38(59(13)14)25-32(3)71-42)33(4)45(34(5)52(66)73-39)75-43-29-56(11,70-16)49(36(7)72-43)77-53(67)46-54(8,9)78-51-44(50(65)61(46)51)58-40(63)26-37-21-19-18-20-22-37/h18-22,31-36,38-39,42-49,51,62,68-69H,17,23-30H2,1-16H3,(H,58,63)/t31-,32-,33+,34-,35-,36+,38+,39-,42+,43?,44?,45+,46?,47-,48+,49+,51?,55-,56-,57+/m1/s1. The summed E-state index contributed by atoms with van der Waals surface area (Å²) in [6.45, 7) is 21.4. The van der Waals surface area contributed by atoms with Crippen molar-refractivity contribution in [2.24, 2.45) is 17.8 Å². The minimum Gasteiger partial charge on any atom is -0.459 e. The Labute approximate surface area is 466 Å². The predicted octanol–water partition coefficient (Wildman–Crippen LogP) is 4.20. The summed E-state index contributed by atoms with van der Waals surface area (Å²) in [5.74, 6) is -4.96. The maximum atomic E-state index is 14.9. The van der Waals surface area contributed by atoms with Crippen LogP contribution in [0.2, 0.25) is 0 Å². The minimum atomic E-state index is -1.94. The minimum absolute atomic E-state index is 0.00943. The van der Waals surface area contributed by atoms with E-state index in [0.717, 1.165) is 12.0 Å². The van der Waals surface area contributed by atoms with Gasteiger partial charge in [-0.2, -0.15) is 0 Å². The third kappa shape index (κ3) is 14.2. The molecule has 0 saturated carbocycles. The molecule has 20 atom stereocenters. The van der Waals surface area contributed by atoms with Crippen molar-refractivity contribution >= 4 is 41.5 Å². The number of aliphatic hydroxyl groups excluding tert-OH is 1. The van der Waals surface area contributed by atoms with E-state index in [0.29, 0.717) is 13.0 Å². The molecule has 442 valence electrons. The second-order valence-corrected chi connectivity index (χ2v) is 26.1. The first-order chi connectivity index (χ1) is 36.4. The number of likely N-dealkylation sites (N-methyl/N-ethyl adjacent to an activating group) is 1. The molecule has 0 bridgehead atoms. The maximum Gasteiger partial charge on any atom is 0.330 e. The van der Waals surface area contributed by atoms with Crippen LogP contribution in [0.25, 0.3) is 0 Å². The number of hydrogen-bond acceptors (Lipinski definition) is 19. The lowest BCUT2D eigenvalue weighted by Crippen LogP contribution is -2.71. The number of nitrogens with zero attached hydrogens (tertiary/aromatic N) is 3. The molecule has 0 aliphatic carbocycles. The molecule has 20 nitrogen and oxygen atoms in total. The zero-order valence-electron chi connectivity index (χ0n) is 49.0. The van der Waals surface area contributed by atoms with Crippen LogP contribution in [0.5, 0.6) is 0 Å². The van der Waals surface area contributed by atoms with Gasteiger partial charge in [0.25, 0.3) is 0 Å². The van der Waals surface area contributed by atoms with Crippen LogP contribution in [0.3, 0.4) is 0 Å². The number of cyclic esters (lactones) is 1. The molecule has 6 rings (SSSR count). The summed E-state index contributed by atoms with van der Waals surface area (Å²) in [6, 6.07) is 6.91. The molecule has 5 heterocycles. The molecule has 5 aliphatic heterocycles. The fourth-order valence-electron chi connectivity index (χ4n) is 12.7. The van der Waals surface area contributed by atoms with E-state index in [1.54, 1.807) is 41.5 Å². The van der Waals surface area contributed by atoms with Crippen LogP contribution in [-0.4, -0.2) is 208 Å². The van der Waals surface area contributed by atoms with Crippen molar-refractivity contribution in [3.05, 3.63) is 35.9 Å². The van der Waals surface area contributed by atoms with Gasteiger partial charge in [0, 0.05) is 49.2 Å². The van der Waals surface area contributed by atoms with Gasteiger partial charge < -0.3 is 68.3 Å². The van der Waals surface area contributed by atoms with E-state index in [4.69, 9.17) is 37.9 Å². The summed E-state index contributed by atoms with van der Waals surface area (Å²) < 4.78 is 51.1. The Morgan fingerprint density at radius 2 is 1.55 bits per heavy atom. The maximum absolute atomic E-state index is 14.9. The number of aliphatic hydroxyl groups is 3. The zero-order valence-corrected chi connectivity index (χ0v) is 49.8. The summed E-state index contributed by atoms with van der Waals surface area (Å²) in [4.78, 5) is 74.9. The van der Waals surface area contributed by atoms with Gasteiger partial charge in [0.2, 0.25) is 11.8 Å². The molecule has 0 radical (unpaired) electrons. The number of ether oxygens (including phenoxy) is 8. The first kappa shape index (κ1) is 63.7. The lowest BCUT2D eigenvalue weighted by molar-refractivity contribution is -0.310. The summed E-state index contributed by atoms with van der Waals surface area (Å²) in [7, 11) is 7.34. The Balaban J connectivity index is 1.30. The number of carbonyl (C=O) groups excluding carboxylic acids is 5. The average Bonchev–Trinajstić information content (AvgIpc) is 3.68. The highest BCUT2D eigenvalue weighted by Gasteiger charge is 2.65. The van der Waals surface area contributed by atoms with E-state index in [9.17, 15) is 39.3 Å². The molecule has 2 amide bonds. The Bertz CT molecular complexity index is 2220. The molecule has 1 aromatic rings. The molecule has 21 heteroatoms. The molecule has 5 aliphatic rings. The number of thioether (sulfide) groups is 1. The molecule has 78 heavy (non-hydrogen) atoms. The average molecular weight is 1120 g/mol. The number of amides is 2. The van der Waals surface area contributed by atoms with Gasteiger partial charge in [0.15, 0.2) is 18.7 Å². The monoisotopic (exact) mass is 1120 g/mol. The number of methoxy groups -OCH3 is 1. The first-order valence-corrected chi connectivity index (χ1v) is 28.8. The third-order valence-electron chi connectivity index (χ3n) is 17.1. The molecule has 0 aromatic heterocycles. The molecule has 1 aromatic carbocycles. The van der Waals surface area contributed by atoms with E-state index < -0.39 is 131 Å². The van der Waals surface area contributed by atoms with E-state index in [1.807, 2.05) is 91.0 Å². The normalized spacial score (nSPS) is 40.9. The van der Waals surface area contributed by atoms with Crippen molar-refractivity contribution in [3.8, 4) is 0 Å². The molecular weight excluding hydrogens is 1030 g/mol. The number of hydrogen-bond donors (Lipinski definition) is 4. The summed E-state index contributed by atoms with van der Waals surface area (Å²) in [5, 5.41) is 37.4. The quantitative estimate of drug-likeness (QED) is 0.109. The van der Waals surface area contributed by atoms with E-state index in [1.165, 1.54) is 30.7 Å². The van der Waals surface area contributed by atoms with Crippen molar-refractivity contribution in [2.45, 2.75) is 234 Å². The molecule has 0 spiro atoms. The third-order valence-corrected chi connectivity index (χ3v) is 18.6. The van der Waals surface area contributed by atoms with E-state index in [2.05, 4.69) is 10.2 Å². The second-order valence-electron chi connectivity index (χ2n) is 24.4. The number of fused-ring (bicyclic) bond motifs is 1. The van der Waals surface area contributed by atoms with Crippen LogP contribution in [0.4, 0.5) is 0 Å². The number of β-lactam (4-membered cyclic amide) rings is 1. The lowest BCUT2D eigenvalue weighted by atomic mass is 9.77. The highest BCUT2D eigenvalue weighted by atomic mass is 32.2. The Morgan fingerprint density at radius 3 is 2.17 bits per heavy atom. The summed E-state index contributed by atoms with van der Waals surface area (Å²) in [5.41, 5.74) is -3.97. The van der Waals surface area contributed by atoms with Crippen LogP contribution in [0.15, 0.2) is 30.3 Å². The number of rotatable bonds is 15. The van der Waals surface area contributed by atoms with Crippen LogP contribution < -0.4 is 5.32 Å². The lowest BCUT2D eigenvalue weighted by Gasteiger charge is -2.49. The highest BCUT2D eigenvalue weighted by molar-refractivity contribution is 8.01. The van der Waals surface area contributed by atoms with Crippen molar-refractivity contribution in [1.29, 1.82) is 0 Å². The van der Waals surface area contributed by atoms with Gasteiger partial charge in [0.05, 0.1) is 55.4 Å². The summed E-state index contributed by atoms with van der Waals surface area (Å²) >= 11 is 1.42. The van der Waals surface area contributed by atoms with Crippen LogP contribution in [-0.2, 0) is 68.3 Å².